The number of piperidine rings is 2. The number of anilines is 2. The predicted octanol–water partition coefficient (Wildman–Crippen LogP) is 8.76. The van der Waals surface area contributed by atoms with Gasteiger partial charge in [-0.3, -0.25) is 19.5 Å². The number of likely N-dealkylation sites (tertiary alicyclic amines) is 2. The number of rotatable bonds is 15. The monoisotopic (exact) mass is 1130 g/mol. The largest absolute Gasteiger partial charge is 0.508 e. The Labute approximate surface area is 479 Å². The Balaban J connectivity index is 0.654. The van der Waals surface area contributed by atoms with Gasteiger partial charge in [0.1, 0.15) is 47.2 Å². The third-order valence-corrected chi connectivity index (χ3v) is 18.8. The number of piperazine rings is 1. The second kappa shape index (κ2) is 23.1. The molecule has 6 atom stereocenters. The number of benzene rings is 3. The van der Waals surface area contributed by atoms with Crippen LogP contribution in [0.1, 0.15) is 100 Å². The van der Waals surface area contributed by atoms with Gasteiger partial charge in [0.25, 0.3) is 0 Å². The van der Waals surface area contributed by atoms with E-state index in [0.29, 0.717) is 66.2 Å². The van der Waals surface area contributed by atoms with Crippen molar-refractivity contribution in [3.8, 4) is 45.8 Å². The third-order valence-electron chi connectivity index (χ3n) is 17.8. The molecule has 3 aromatic carbocycles. The standard InChI is InChI=1S/C62H69F2N11O6S/c1-6-46-49(63)14-11-41-25-44(76)26-47(54(41)46)56-55(64)57-48(29-65-56)59(74-30-42-12-13-43(31-74)68-42)70-62(69-57)80-24-23-72-19-15-38(16-20-72)39-17-21-73(22-18-39)52-28-51(81-71-52)53(34(2)3)61(79)75-32-45(77)27-50(75)60(78)67-35(4)37-7-9-40(10-8-37)58-36(5)66-33-82-58/h1,7-11,14,25-26,28-29,33-35,38-39,42-43,45,50,53,68,76-77H,12-13,15-24,27,30-32H2,2-5H3,(H,67,78)/t35-,42?,43?,45+,50-,53+/m0/s1. The average Bonchev–Trinajstić information content (AvgIpc) is 4.48. The molecule has 0 radical (unpaired) electrons. The number of aromatic hydroxyl groups is 1. The van der Waals surface area contributed by atoms with Gasteiger partial charge in [-0.05, 0) is 118 Å². The minimum Gasteiger partial charge on any atom is -0.508 e. The number of β-amino-alcohol motifs (C(OH)–C–C–N with tert-alkyl or cyclic N) is 1. The van der Waals surface area contributed by atoms with Crippen LogP contribution in [0.4, 0.5) is 20.4 Å². The highest BCUT2D eigenvalue weighted by Crippen LogP contribution is 2.41. The van der Waals surface area contributed by atoms with Gasteiger partial charge < -0.3 is 44.8 Å². The summed E-state index contributed by atoms with van der Waals surface area (Å²) in [6, 6.07) is 14.9. The van der Waals surface area contributed by atoms with E-state index < -0.39 is 29.7 Å². The number of thiazole rings is 1. The summed E-state index contributed by atoms with van der Waals surface area (Å²) in [4.78, 5) is 56.2. The van der Waals surface area contributed by atoms with Crippen LogP contribution in [0.25, 0.3) is 43.4 Å². The molecule has 2 bridgehead atoms. The Kier molecular flexibility index (Phi) is 15.6. The van der Waals surface area contributed by atoms with E-state index in [0.717, 1.165) is 86.4 Å². The zero-order chi connectivity index (χ0) is 56.9. The highest BCUT2D eigenvalue weighted by molar-refractivity contribution is 7.13. The molecule has 82 heavy (non-hydrogen) atoms. The lowest BCUT2D eigenvalue weighted by atomic mass is 9.79. The number of carbonyl (C=O) groups is 2. The molecule has 2 amide bonds. The quantitative estimate of drug-likeness (QED) is 0.0711. The van der Waals surface area contributed by atoms with Crippen LogP contribution in [0, 0.1) is 48.7 Å². The van der Waals surface area contributed by atoms with Crippen LogP contribution in [0.2, 0.25) is 0 Å². The first kappa shape index (κ1) is 55.2. The minimum absolute atomic E-state index is 0.0131. The van der Waals surface area contributed by atoms with Gasteiger partial charge in [0.05, 0.1) is 39.2 Å². The zero-order valence-electron chi connectivity index (χ0n) is 46.7. The predicted molar refractivity (Wildman–Crippen MR) is 311 cm³/mol. The maximum absolute atomic E-state index is 17.1. The molecule has 0 saturated carbocycles. The molecule has 20 heteroatoms. The van der Waals surface area contributed by atoms with E-state index in [-0.39, 0.29) is 88.3 Å². The SMILES string of the molecule is C#Cc1c(F)ccc2cc(O)cc(-c3ncc4c(N5CC6CCC(C5)N6)nc(OCCN5CCC(C6CCN(c7cc([C@H](C(=O)N8C[C@H](O)C[C@H]8C(=O)N[C@@H](C)c8ccc(-c9scnc9C)cc8)C(C)C)on7)CC6)CC5)nc4c3F)c12. The van der Waals surface area contributed by atoms with Crippen LogP contribution < -0.4 is 25.2 Å². The van der Waals surface area contributed by atoms with Crippen LogP contribution in [0.3, 0.4) is 0 Å². The van der Waals surface area contributed by atoms with Gasteiger partial charge >= 0.3 is 6.01 Å². The highest BCUT2D eigenvalue weighted by atomic mass is 32.1. The van der Waals surface area contributed by atoms with E-state index in [9.17, 15) is 19.8 Å². The normalized spacial score (nSPS) is 21.6. The minimum atomic E-state index is -0.829. The molecular weight excluding hydrogens is 1060 g/mol. The number of hydrogen-bond donors (Lipinski definition) is 4. The van der Waals surface area contributed by atoms with Crippen molar-refractivity contribution in [3.63, 3.8) is 0 Å². The number of aryl methyl sites for hydroxylation is 1. The fourth-order valence-corrected chi connectivity index (χ4v) is 14.3. The number of hydrogen-bond acceptors (Lipinski definition) is 16. The van der Waals surface area contributed by atoms with Gasteiger partial charge in [-0.2, -0.15) is 9.97 Å². The summed E-state index contributed by atoms with van der Waals surface area (Å²) >= 11 is 1.59. The Morgan fingerprint density at radius 2 is 1.66 bits per heavy atom. The molecule has 17 nitrogen and oxygen atoms in total. The molecule has 5 aliphatic heterocycles. The van der Waals surface area contributed by atoms with Crippen LogP contribution in [-0.2, 0) is 9.59 Å². The Morgan fingerprint density at radius 1 is 0.927 bits per heavy atom. The molecule has 428 valence electrons. The lowest BCUT2D eigenvalue weighted by Gasteiger charge is -2.40. The van der Waals surface area contributed by atoms with Gasteiger partial charge in [-0.1, -0.05) is 55.3 Å². The summed E-state index contributed by atoms with van der Waals surface area (Å²) in [6.07, 6.45) is 12.8. The van der Waals surface area contributed by atoms with E-state index in [1.54, 1.807) is 17.5 Å². The number of aliphatic hydroxyl groups excluding tert-OH is 1. The number of nitrogens with zero attached hydrogens (tertiary/aromatic N) is 9. The highest BCUT2D eigenvalue weighted by Gasteiger charge is 2.44. The summed E-state index contributed by atoms with van der Waals surface area (Å²) in [7, 11) is 0. The van der Waals surface area contributed by atoms with Crippen molar-refractivity contribution in [2.24, 2.45) is 17.8 Å². The number of carbonyl (C=O) groups excluding carboxylic acids is 2. The smallest absolute Gasteiger partial charge is 0.319 e. The van der Waals surface area contributed by atoms with Crippen molar-refractivity contribution in [2.45, 2.75) is 109 Å². The molecule has 4 N–H and O–H groups in total. The molecule has 5 fully saturated rings. The molecule has 7 aromatic rings. The molecule has 5 saturated heterocycles. The first-order valence-electron chi connectivity index (χ1n) is 28.8. The van der Waals surface area contributed by atoms with E-state index in [1.165, 1.54) is 29.2 Å². The van der Waals surface area contributed by atoms with Crippen molar-refractivity contribution in [1.82, 2.24) is 45.5 Å². The van der Waals surface area contributed by atoms with E-state index in [2.05, 4.69) is 51.4 Å². The number of amides is 2. The molecule has 12 rings (SSSR count). The van der Waals surface area contributed by atoms with E-state index >= 15 is 8.78 Å². The topological polar surface area (TPSA) is 198 Å². The van der Waals surface area contributed by atoms with E-state index in [4.69, 9.17) is 20.7 Å². The second-order valence-corrected chi connectivity index (χ2v) is 24.2. The Hall–Kier alpha value is -7.31. The number of halogens is 2. The number of aromatic nitrogens is 5. The maximum atomic E-state index is 17.1. The van der Waals surface area contributed by atoms with Crippen molar-refractivity contribution in [2.75, 3.05) is 68.8 Å². The number of nitrogens with one attached hydrogen (secondary N) is 2. The second-order valence-electron chi connectivity index (χ2n) is 23.4. The maximum Gasteiger partial charge on any atom is 0.319 e. The van der Waals surface area contributed by atoms with Gasteiger partial charge in [-0.15, -0.1) is 17.8 Å². The number of terminal acetylenes is 1. The number of aliphatic hydroxyl groups is 1. The first-order valence-corrected chi connectivity index (χ1v) is 29.7. The van der Waals surface area contributed by atoms with Crippen molar-refractivity contribution in [1.29, 1.82) is 0 Å². The van der Waals surface area contributed by atoms with Crippen LogP contribution in [-0.4, -0.2) is 140 Å². The molecule has 0 spiro atoms. The van der Waals surface area contributed by atoms with Crippen LogP contribution >= 0.6 is 11.3 Å². The summed E-state index contributed by atoms with van der Waals surface area (Å²) in [5.74, 6) is 2.27. The number of ether oxygens (including phenoxy) is 1. The van der Waals surface area contributed by atoms with Crippen molar-refractivity contribution < 1.29 is 37.8 Å². The molecule has 4 aromatic heterocycles. The number of pyridine rings is 1. The lowest BCUT2D eigenvalue weighted by Crippen LogP contribution is -2.51. The lowest BCUT2D eigenvalue weighted by molar-refractivity contribution is -0.141. The van der Waals surface area contributed by atoms with Gasteiger partial charge in [-0.25, -0.2) is 13.8 Å². The van der Waals surface area contributed by atoms with Crippen LogP contribution in [0.15, 0.2) is 70.8 Å². The van der Waals surface area contributed by atoms with E-state index in [1.807, 2.05) is 63.5 Å². The number of phenols is 1. The third kappa shape index (κ3) is 11.0. The van der Waals surface area contributed by atoms with Gasteiger partial charge in [0.15, 0.2) is 17.4 Å². The zero-order valence-corrected chi connectivity index (χ0v) is 47.5. The fourth-order valence-electron chi connectivity index (χ4n) is 13.4. The van der Waals surface area contributed by atoms with Crippen molar-refractivity contribution >= 4 is 56.5 Å². The molecule has 9 heterocycles. The Morgan fingerprint density at radius 3 is 2.35 bits per heavy atom. The molecule has 2 unspecified atom stereocenters. The number of fused-ring (bicyclic) bond motifs is 4. The van der Waals surface area contributed by atoms with Gasteiger partial charge in [0, 0.05) is 81.0 Å². The number of phenolic OH excluding ortho intramolecular Hbond substituents is 1. The Bertz CT molecular complexity index is 3540. The summed E-state index contributed by atoms with van der Waals surface area (Å²) in [6.45, 7) is 13.7. The fraction of sp³-hybridized carbons (Fsp3) is 0.468. The summed E-state index contributed by atoms with van der Waals surface area (Å²) < 4.78 is 44.4. The molecular formula is C62H69F2N11O6S. The summed E-state index contributed by atoms with van der Waals surface area (Å²) in [5, 5.41) is 33.9. The average molecular weight is 1130 g/mol. The summed E-state index contributed by atoms with van der Waals surface area (Å²) in [5.41, 5.74) is 4.79. The molecule has 0 aliphatic carbocycles. The van der Waals surface area contributed by atoms with Crippen LogP contribution in [0.5, 0.6) is 11.8 Å². The molecule has 5 aliphatic rings. The van der Waals surface area contributed by atoms with Gasteiger partial charge in [0.2, 0.25) is 11.8 Å². The van der Waals surface area contributed by atoms with Crippen molar-refractivity contribution in [3.05, 3.63) is 101 Å². The first-order chi connectivity index (χ1) is 39.7.